The molecular weight excluding hydrogens is 466 g/mol. The maximum absolute atomic E-state index is 13.9. The fourth-order valence-corrected chi connectivity index (χ4v) is 3.41. The van der Waals surface area contributed by atoms with Crippen molar-refractivity contribution in [1.82, 2.24) is 9.88 Å². The first-order valence-electron chi connectivity index (χ1n) is 10.5. The molecule has 0 saturated heterocycles. The summed E-state index contributed by atoms with van der Waals surface area (Å²) in [5.41, 5.74) is 0.202. The minimum Gasteiger partial charge on any atom is -0.487 e. The highest BCUT2D eigenvalue weighted by atomic mass is 35.5. The number of carbonyl (C=O) groups excluding carboxylic acids is 1. The molecule has 2 aromatic carbocycles. The zero-order chi connectivity index (χ0) is 25.0. The number of aromatic nitrogens is 1. The lowest BCUT2D eigenvalue weighted by Crippen LogP contribution is -2.38. The SMILES string of the molecule is Cc1cc(OCc2ccc(F)cc2F)c(Cl)c(=O)n1Cc1cccc(C(=O)NCC(C)(C)O)c1. The largest absolute Gasteiger partial charge is 0.487 e. The van der Waals surface area contributed by atoms with E-state index in [9.17, 15) is 23.5 Å². The van der Waals surface area contributed by atoms with Crippen LogP contribution in [0.15, 0.2) is 53.3 Å². The predicted octanol–water partition coefficient (Wildman–Crippen LogP) is 4.22. The van der Waals surface area contributed by atoms with Crippen molar-refractivity contribution in [2.24, 2.45) is 0 Å². The van der Waals surface area contributed by atoms with Crippen molar-refractivity contribution in [3.63, 3.8) is 0 Å². The van der Waals surface area contributed by atoms with Crippen LogP contribution in [-0.2, 0) is 13.2 Å². The Bertz CT molecular complexity index is 1270. The Balaban J connectivity index is 1.78. The van der Waals surface area contributed by atoms with Gasteiger partial charge in [-0.1, -0.05) is 23.7 Å². The molecule has 6 nitrogen and oxygen atoms in total. The highest BCUT2D eigenvalue weighted by molar-refractivity contribution is 6.31. The fraction of sp³-hybridized carbons (Fsp3) is 0.280. The topological polar surface area (TPSA) is 80.6 Å². The molecule has 0 aliphatic carbocycles. The number of aryl methyl sites for hydroxylation is 1. The molecule has 180 valence electrons. The Morgan fingerprint density at radius 3 is 2.59 bits per heavy atom. The van der Waals surface area contributed by atoms with Gasteiger partial charge < -0.3 is 19.7 Å². The maximum atomic E-state index is 13.9. The molecule has 1 aromatic heterocycles. The van der Waals surface area contributed by atoms with Gasteiger partial charge in [-0.15, -0.1) is 0 Å². The summed E-state index contributed by atoms with van der Waals surface area (Å²) in [6.45, 7) is 4.90. The third-order valence-electron chi connectivity index (χ3n) is 5.02. The van der Waals surface area contributed by atoms with Crippen LogP contribution in [0.3, 0.4) is 0 Å². The Hall–Kier alpha value is -3.23. The molecule has 1 amide bonds. The molecule has 3 aromatic rings. The number of aliphatic hydroxyl groups is 1. The average Bonchev–Trinajstić information content (AvgIpc) is 2.77. The third kappa shape index (κ3) is 6.42. The number of nitrogens with one attached hydrogen (secondary N) is 1. The van der Waals surface area contributed by atoms with Gasteiger partial charge in [-0.25, -0.2) is 8.78 Å². The van der Waals surface area contributed by atoms with Crippen LogP contribution in [0.2, 0.25) is 5.02 Å². The van der Waals surface area contributed by atoms with Gasteiger partial charge in [0.2, 0.25) is 0 Å². The van der Waals surface area contributed by atoms with Crippen LogP contribution in [-0.4, -0.2) is 27.7 Å². The number of benzene rings is 2. The van der Waals surface area contributed by atoms with E-state index in [1.165, 1.54) is 10.6 Å². The van der Waals surface area contributed by atoms with Gasteiger partial charge in [-0.3, -0.25) is 9.59 Å². The van der Waals surface area contributed by atoms with Gasteiger partial charge in [-0.05, 0) is 50.6 Å². The number of hydrogen-bond acceptors (Lipinski definition) is 4. The van der Waals surface area contributed by atoms with E-state index in [0.717, 1.165) is 12.1 Å². The van der Waals surface area contributed by atoms with Gasteiger partial charge in [0, 0.05) is 35.5 Å². The second-order valence-corrected chi connectivity index (χ2v) is 8.95. The first-order valence-corrected chi connectivity index (χ1v) is 10.9. The summed E-state index contributed by atoms with van der Waals surface area (Å²) in [5.74, 6) is -1.71. The number of amides is 1. The summed E-state index contributed by atoms with van der Waals surface area (Å²) in [5, 5.41) is 12.3. The molecule has 1 heterocycles. The third-order valence-corrected chi connectivity index (χ3v) is 5.37. The molecule has 3 rings (SSSR count). The smallest absolute Gasteiger partial charge is 0.273 e. The molecule has 0 bridgehead atoms. The summed E-state index contributed by atoms with van der Waals surface area (Å²) >= 11 is 6.23. The number of halogens is 3. The van der Waals surface area contributed by atoms with Crippen molar-refractivity contribution in [1.29, 1.82) is 0 Å². The number of rotatable bonds is 8. The molecule has 0 aliphatic rings. The molecule has 0 spiro atoms. The second kappa shape index (κ2) is 10.4. The van der Waals surface area contributed by atoms with E-state index in [4.69, 9.17) is 16.3 Å². The van der Waals surface area contributed by atoms with Crippen molar-refractivity contribution in [2.45, 2.75) is 39.5 Å². The summed E-state index contributed by atoms with van der Waals surface area (Å²) in [7, 11) is 0. The quantitative estimate of drug-likeness (QED) is 0.495. The highest BCUT2D eigenvalue weighted by Crippen LogP contribution is 2.24. The molecule has 0 aliphatic heterocycles. The van der Waals surface area contributed by atoms with Crippen LogP contribution in [0, 0.1) is 18.6 Å². The van der Waals surface area contributed by atoms with Crippen LogP contribution < -0.4 is 15.6 Å². The van der Waals surface area contributed by atoms with E-state index in [0.29, 0.717) is 16.8 Å². The van der Waals surface area contributed by atoms with Crippen LogP contribution in [0.1, 0.15) is 41.0 Å². The van der Waals surface area contributed by atoms with Crippen molar-refractivity contribution < 1.29 is 23.4 Å². The molecule has 0 radical (unpaired) electrons. The second-order valence-electron chi connectivity index (χ2n) is 8.58. The van der Waals surface area contributed by atoms with Crippen molar-refractivity contribution in [2.75, 3.05) is 6.54 Å². The van der Waals surface area contributed by atoms with Gasteiger partial charge in [0.25, 0.3) is 11.5 Å². The number of hydrogen-bond donors (Lipinski definition) is 2. The zero-order valence-electron chi connectivity index (χ0n) is 19.0. The molecule has 2 N–H and O–H groups in total. The monoisotopic (exact) mass is 490 g/mol. The molecule has 0 unspecified atom stereocenters. The van der Waals surface area contributed by atoms with E-state index in [1.54, 1.807) is 51.1 Å². The van der Waals surface area contributed by atoms with Crippen molar-refractivity contribution >= 4 is 17.5 Å². The van der Waals surface area contributed by atoms with Crippen LogP contribution >= 0.6 is 11.6 Å². The van der Waals surface area contributed by atoms with Gasteiger partial charge >= 0.3 is 0 Å². The van der Waals surface area contributed by atoms with Gasteiger partial charge in [-0.2, -0.15) is 0 Å². The first-order chi connectivity index (χ1) is 15.9. The van der Waals surface area contributed by atoms with Crippen LogP contribution in [0.4, 0.5) is 8.78 Å². The number of nitrogens with zero attached hydrogens (tertiary/aromatic N) is 1. The molecule has 0 saturated carbocycles. The summed E-state index contributed by atoms with van der Waals surface area (Å²) in [6, 6.07) is 11.5. The Morgan fingerprint density at radius 1 is 1.18 bits per heavy atom. The Labute approximate surface area is 200 Å². The Morgan fingerprint density at radius 2 is 1.91 bits per heavy atom. The fourth-order valence-electron chi connectivity index (χ4n) is 3.20. The van der Waals surface area contributed by atoms with Crippen molar-refractivity contribution in [3.8, 4) is 5.75 Å². The van der Waals surface area contributed by atoms with E-state index in [1.807, 2.05) is 0 Å². The van der Waals surface area contributed by atoms with Gasteiger partial charge in [0.05, 0.1) is 12.1 Å². The number of carbonyl (C=O) groups is 1. The van der Waals surface area contributed by atoms with E-state index in [-0.39, 0.29) is 41.9 Å². The summed E-state index contributed by atoms with van der Waals surface area (Å²) in [4.78, 5) is 25.3. The summed E-state index contributed by atoms with van der Waals surface area (Å²) in [6.07, 6.45) is 0. The van der Waals surface area contributed by atoms with Crippen molar-refractivity contribution in [3.05, 3.63) is 97.9 Å². The average molecular weight is 491 g/mol. The van der Waals surface area contributed by atoms with E-state index in [2.05, 4.69) is 5.32 Å². The van der Waals surface area contributed by atoms with Gasteiger partial charge in [0.15, 0.2) is 0 Å². The minimum atomic E-state index is -1.04. The number of pyridine rings is 1. The molecule has 0 atom stereocenters. The van der Waals surface area contributed by atoms with Crippen LogP contribution in [0.5, 0.6) is 5.75 Å². The Kier molecular flexibility index (Phi) is 7.74. The lowest BCUT2D eigenvalue weighted by molar-refractivity contribution is 0.0694. The van der Waals surface area contributed by atoms with Gasteiger partial charge in [0.1, 0.15) is 29.0 Å². The minimum absolute atomic E-state index is 0.0869. The molecule has 0 fully saturated rings. The number of ether oxygens (including phenoxy) is 1. The maximum Gasteiger partial charge on any atom is 0.273 e. The van der Waals surface area contributed by atoms with E-state index < -0.39 is 22.8 Å². The lowest BCUT2D eigenvalue weighted by atomic mass is 10.1. The highest BCUT2D eigenvalue weighted by Gasteiger charge is 2.17. The standard InChI is InChI=1S/C25H25ClF2N2O4/c1-15-9-21(34-13-18-7-8-19(27)11-20(18)28)22(26)24(32)30(15)12-16-5-4-6-17(10-16)23(31)29-14-25(2,3)33/h4-11,33H,12-14H2,1-3H3,(H,29,31). The molecule has 9 heteroatoms. The molecule has 34 heavy (non-hydrogen) atoms. The predicted molar refractivity (Wildman–Crippen MR) is 125 cm³/mol. The summed E-state index contributed by atoms with van der Waals surface area (Å²) < 4.78 is 33.9. The normalized spacial score (nSPS) is 11.4. The van der Waals surface area contributed by atoms with E-state index >= 15 is 0 Å². The zero-order valence-corrected chi connectivity index (χ0v) is 19.7. The molecular formula is C25H25ClF2N2O4. The lowest BCUT2D eigenvalue weighted by Gasteiger charge is -2.18. The first kappa shape index (κ1) is 25.4. The van der Waals surface area contributed by atoms with Crippen LogP contribution in [0.25, 0.3) is 0 Å².